The summed E-state index contributed by atoms with van der Waals surface area (Å²) in [6, 6.07) is 6.27. The van der Waals surface area contributed by atoms with Crippen LogP contribution in [0.3, 0.4) is 0 Å². The lowest BCUT2D eigenvalue weighted by Gasteiger charge is -2.11. The standard InChI is InChI=1S/C15H25NO2/c1-4-6-9-18-12-14-10-13(11-16-5-2)7-8-15(14)17-3/h7-8,10,16H,4-6,9,11-12H2,1-3H3. The van der Waals surface area contributed by atoms with Gasteiger partial charge in [0, 0.05) is 18.7 Å². The second kappa shape index (κ2) is 8.95. The summed E-state index contributed by atoms with van der Waals surface area (Å²) in [4.78, 5) is 0. The van der Waals surface area contributed by atoms with Gasteiger partial charge in [0.2, 0.25) is 0 Å². The minimum absolute atomic E-state index is 0.628. The van der Waals surface area contributed by atoms with Gasteiger partial charge in [0.1, 0.15) is 5.75 Å². The molecule has 1 rings (SSSR count). The topological polar surface area (TPSA) is 30.5 Å². The molecular formula is C15H25NO2. The first-order valence-electron chi connectivity index (χ1n) is 6.76. The van der Waals surface area contributed by atoms with E-state index < -0.39 is 0 Å². The average molecular weight is 251 g/mol. The number of unbranched alkanes of at least 4 members (excludes halogenated alkanes) is 1. The summed E-state index contributed by atoms with van der Waals surface area (Å²) < 4.78 is 11.0. The Bertz CT molecular complexity index is 339. The van der Waals surface area contributed by atoms with E-state index in [9.17, 15) is 0 Å². The van der Waals surface area contributed by atoms with Crippen molar-refractivity contribution >= 4 is 0 Å². The van der Waals surface area contributed by atoms with E-state index in [1.165, 1.54) is 5.56 Å². The van der Waals surface area contributed by atoms with Crippen LogP contribution in [-0.4, -0.2) is 20.3 Å². The maximum atomic E-state index is 5.66. The largest absolute Gasteiger partial charge is 0.496 e. The molecule has 0 amide bonds. The molecule has 0 radical (unpaired) electrons. The van der Waals surface area contributed by atoms with Crippen molar-refractivity contribution < 1.29 is 9.47 Å². The zero-order valence-corrected chi connectivity index (χ0v) is 11.8. The number of hydrogen-bond donors (Lipinski definition) is 1. The molecule has 102 valence electrons. The number of rotatable bonds is 9. The van der Waals surface area contributed by atoms with Crippen LogP contribution in [0.1, 0.15) is 37.8 Å². The first-order chi connectivity index (χ1) is 8.81. The molecule has 1 aromatic carbocycles. The molecule has 0 spiro atoms. The fourth-order valence-electron chi connectivity index (χ4n) is 1.75. The number of methoxy groups -OCH3 is 1. The highest BCUT2D eigenvalue weighted by molar-refractivity contribution is 5.36. The van der Waals surface area contributed by atoms with Gasteiger partial charge in [-0.3, -0.25) is 0 Å². The van der Waals surface area contributed by atoms with Crippen LogP contribution in [0.5, 0.6) is 5.75 Å². The molecule has 1 aromatic rings. The minimum Gasteiger partial charge on any atom is -0.496 e. The predicted octanol–water partition coefficient (Wildman–Crippen LogP) is 3.12. The Balaban J connectivity index is 2.60. The lowest BCUT2D eigenvalue weighted by Crippen LogP contribution is -2.12. The van der Waals surface area contributed by atoms with Crippen LogP contribution in [0.2, 0.25) is 0 Å². The fraction of sp³-hybridized carbons (Fsp3) is 0.600. The SMILES string of the molecule is CCCCOCc1cc(CNCC)ccc1OC. The third-order valence-electron chi connectivity index (χ3n) is 2.82. The molecule has 0 aliphatic heterocycles. The van der Waals surface area contributed by atoms with Crippen LogP contribution in [0.4, 0.5) is 0 Å². The highest BCUT2D eigenvalue weighted by Gasteiger charge is 2.04. The zero-order valence-electron chi connectivity index (χ0n) is 11.8. The summed E-state index contributed by atoms with van der Waals surface area (Å²) in [5.41, 5.74) is 2.40. The van der Waals surface area contributed by atoms with E-state index in [1.54, 1.807) is 7.11 Å². The molecule has 3 heteroatoms. The summed E-state index contributed by atoms with van der Waals surface area (Å²) in [7, 11) is 1.70. The fourth-order valence-corrected chi connectivity index (χ4v) is 1.75. The van der Waals surface area contributed by atoms with E-state index in [0.717, 1.165) is 43.9 Å². The molecule has 0 fully saturated rings. The molecule has 18 heavy (non-hydrogen) atoms. The van der Waals surface area contributed by atoms with E-state index in [-0.39, 0.29) is 0 Å². The van der Waals surface area contributed by atoms with Gasteiger partial charge in [-0.1, -0.05) is 26.3 Å². The van der Waals surface area contributed by atoms with Crippen LogP contribution in [0.15, 0.2) is 18.2 Å². The quantitative estimate of drug-likeness (QED) is 0.684. The summed E-state index contributed by atoms with van der Waals surface area (Å²) in [6.45, 7) is 7.59. The van der Waals surface area contributed by atoms with Gasteiger partial charge in [0.15, 0.2) is 0 Å². The molecule has 0 saturated heterocycles. The third-order valence-corrected chi connectivity index (χ3v) is 2.82. The first-order valence-corrected chi connectivity index (χ1v) is 6.76. The maximum Gasteiger partial charge on any atom is 0.124 e. The Morgan fingerprint density at radius 1 is 1.22 bits per heavy atom. The van der Waals surface area contributed by atoms with Gasteiger partial charge < -0.3 is 14.8 Å². The van der Waals surface area contributed by atoms with Crippen molar-refractivity contribution in [1.82, 2.24) is 5.32 Å². The minimum atomic E-state index is 0.628. The van der Waals surface area contributed by atoms with Crippen LogP contribution in [0, 0.1) is 0 Å². The Morgan fingerprint density at radius 2 is 2.06 bits per heavy atom. The van der Waals surface area contributed by atoms with E-state index in [4.69, 9.17) is 9.47 Å². The molecular weight excluding hydrogens is 226 g/mol. The van der Waals surface area contributed by atoms with Crippen molar-refractivity contribution in [3.8, 4) is 5.75 Å². The normalized spacial score (nSPS) is 10.6. The summed E-state index contributed by atoms with van der Waals surface area (Å²) in [6.07, 6.45) is 2.27. The molecule has 0 aliphatic rings. The highest BCUT2D eigenvalue weighted by Crippen LogP contribution is 2.21. The van der Waals surface area contributed by atoms with Crippen molar-refractivity contribution in [2.45, 2.75) is 39.8 Å². The monoisotopic (exact) mass is 251 g/mol. The lowest BCUT2D eigenvalue weighted by molar-refractivity contribution is 0.116. The number of nitrogens with one attached hydrogen (secondary N) is 1. The van der Waals surface area contributed by atoms with E-state index in [2.05, 4.69) is 31.3 Å². The van der Waals surface area contributed by atoms with Crippen molar-refractivity contribution in [1.29, 1.82) is 0 Å². The van der Waals surface area contributed by atoms with Gasteiger partial charge in [-0.2, -0.15) is 0 Å². The maximum absolute atomic E-state index is 5.66. The Kier molecular flexibility index (Phi) is 7.46. The Hall–Kier alpha value is -1.06. The smallest absolute Gasteiger partial charge is 0.124 e. The molecule has 0 unspecified atom stereocenters. The zero-order chi connectivity index (χ0) is 13.2. The molecule has 1 N–H and O–H groups in total. The molecule has 0 aliphatic carbocycles. The molecule has 0 aromatic heterocycles. The summed E-state index contributed by atoms with van der Waals surface area (Å²) >= 11 is 0. The molecule has 0 bridgehead atoms. The molecule has 0 atom stereocenters. The molecule has 0 saturated carbocycles. The summed E-state index contributed by atoms with van der Waals surface area (Å²) in [5, 5.41) is 3.32. The van der Waals surface area contributed by atoms with Gasteiger partial charge in [-0.25, -0.2) is 0 Å². The van der Waals surface area contributed by atoms with Gasteiger partial charge in [-0.15, -0.1) is 0 Å². The van der Waals surface area contributed by atoms with Crippen molar-refractivity contribution in [3.05, 3.63) is 29.3 Å². The second-order valence-electron chi connectivity index (χ2n) is 4.33. The van der Waals surface area contributed by atoms with Gasteiger partial charge in [0.05, 0.1) is 13.7 Å². The van der Waals surface area contributed by atoms with Crippen molar-refractivity contribution in [2.75, 3.05) is 20.3 Å². The Morgan fingerprint density at radius 3 is 2.72 bits per heavy atom. The summed E-state index contributed by atoms with van der Waals surface area (Å²) in [5.74, 6) is 0.909. The number of ether oxygens (including phenoxy) is 2. The first kappa shape index (κ1) is 15.0. The lowest BCUT2D eigenvalue weighted by atomic mass is 10.1. The van der Waals surface area contributed by atoms with E-state index in [0.29, 0.717) is 6.61 Å². The van der Waals surface area contributed by atoms with E-state index in [1.807, 2.05) is 6.07 Å². The van der Waals surface area contributed by atoms with Gasteiger partial charge >= 0.3 is 0 Å². The van der Waals surface area contributed by atoms with Crippen LogP contribution in [0.25, 0.3) is 0 Å². The van der Waals surface area contributed by atoms with Crippen LogP contribution in [-0.2, 0) is 17.9 Å². The van der Waals surface area contributed by atoms with Gasteiger partial charge in [0.25, 0.3) is 0 Å². The third kappa shape index (κ3) is 5.07. The van der Waals surface area contributed by atoms with Gasteiger partial charge in [-0.05, 0) is 30.7 Å². The molecule has 3 nitrogen and oxygen atoms in total. The number of benzene rings is 1. The highest BCUT2D eigenvalue weighted by atomic mass is 16.5. The second-order valence-corrected chi connectivity index (χ2v) is 4.33. The predicted molar refractivity (Wildman–Crippen MR) is 74.9 cm³/mol. The molecule has 0 heterocycles. The van der Waals surface area contributed by atoms with Crippen LogP contribution >= 0.6 is 0 Å². The number of hydrogen-bond acceptors (Lipinski definition) is 3. The average Bonchev–Trinajstić information content (AvgIpc) is 2.41. The van der Waals surface area contributed by atoms with Crippen molar-refractivity contribution in [2.24, 2.45) is 0 Å². The van der Waals surface area contributed by atoms with Crippen LogP contribution < -0.4 is 10.1 Å². The Labute approximate surface area is 110 Å². The van der Waals surface area contributed by atoms with E-state index >= 15 is 0 Å². The van der Waals surface area contributed by atoms with Crippen molar-refractivity contribution in [3.63, 3.8) is 0 Å².